The van der Waals surface area contributed by atoms with Crippen molar-refractivity contribution in [2.75, 3.05) is 5.32 Å². The Morgan fingerprint density at radius 1 is 1.12 bits per heavy atom. The van der Waals surface area contributed by atoms with E-state index >= 15 is 0 Å². The molecule has 2 N–H and O–H groups in total. The summed E-state index contributed by atoms with van der Waals surface area (Å²) in [5, 5.41) is 13.4. The predicted molar refractivity (Wildman–Crippen MR) is 99.6 cm³/mol. The van der Waals surface area contributed by atoms with Crippen molar-refractivity contribution in [3.05, 3.63) is 75.5 Å². The minimum absolute atomic E-state index is 0.235. The number of aryl methyl sites for hydroxylation is 1. The average molecular weight is 376 g/mol. The van der Waals surface area contributed by atoms with Gasteiger partial charge in [0.1, 0.15) is 11.5 Å². The maximum Gasteiger partial charge on any atom is 0.335 e. The molecule has 0 amide bonds. The van der Waals surface area contributed by atoms with Crippen LogP contribution in [0.1, 0.15) is 21.7 Å². The number of carboxylic acid groups (broad SMARTS) is 1. The molecule has 0 bridgehead atoms. The third-order valence-corrected chi connectivity index (χ3v) is 4.36. The molecule has 1 aromatic heterocycles. The van der Waals surface area contributed by atoms with Crippen LogP contribution in [0, 0.1) is 6.92 Å². The van der Waals surface area contributed by atoms with Gasteiger partial charge in [0.2, 0.25) is 0 Å². The van der Waals surface area contributed by atoms with E-state index in [0.29, 0.717) is 28.1 Å². The van der Waals surface area contributed by atoms with Crippen LogP contribution in [0.25, 0.3) is 11.3 Å². The monoisotopic (exact) mass is 375 g/mol. The fourth-order valence-corrected chi connectivity index (χ4v) is 2.81. The molecule has 3 aromatic rings. The molecule has 0 aliphatic carbocycles. The SMILES string of the molecule is Cc1ccc(C(=O)O)cc1NCc1ccc(-c2cc(Cl)ccc2Cl)o1. The van der Waals surface area contributed by atoms with Crippen molar-refractivity contribution in [1.82, 2.24) is 0 Å². The Hall–Kier alpha value is -2.43. The second-order valence-electron chi connectivity index (χ2n) is 5.58. The summed E-state index contributed by atoms with van der Waals surface area (Å²) in [6.07, 6.45) is 0. The number of halogens is 2. The predicted octanol–water partition coefficient (Wildman–Crippen LogP) is 5.87. The maximum absolute atomic E-state index is 11.1. The average Bonchev–Trinajstić information content (AvgIpc) is 3.05. The van der Waals surface area contributed by atoms with Crippen molar-refractivity contribution in [3.63, 3.8) is 0 Å². The standard InChI is InChI=1S/C19H15Cl2NO3/c1-11-2-3-12(19(23)24)8-17(11)22-10-14-5-7-18(25-14)15-9-13(20)4-6-16(15)21/h2-9,22H,10H2,1H3,(H,23,24). The highest BCUT2D eigenvalue weighted by molar-refractivity contribution is 6.35. The zero-order chi connectivity index (χ0) is 18.0. The van der Waals surface area contributed by atoms with E-state index in [2.05, 4.69) is 5.32 Å². The summed E-state index contributed by atoms with van der Waals surface area (Å²) in [4.78, 5) is 11.1. The Labute approximate surface area is 155 Å². The topological polar surface area (TPSA) is 62.5 Å². The molecule has 128 valence electrons. The summed E-state index contributed by atoms with van der Waals surface area (Å²) in [5.74, 6) is 0.366. The first-order chi connectivity index (χ1) is 11.9. The summed E-state index contributed by atoms with van der Waals surface area (Å²) < 4.78 is 5.82. The normalized spacial score (nSPS) is 10.7. The van der Waals surface area contributed by atoms with Crippen molar-refractivity contribution in [2.24, 2.45) is 0 Å². The van der Waals surface area contributed by atoms with E-state index in [0.717, 1.165) is 16.8 Å². The Kier molecular flexibility index (Phi) is 5.02. The van der Waals surface area contributed by atoms with Crippen LogP contribution in [0.5, 0.6) is 0 Å². The lowest BCUT2D eigenvalue weighted by Crippen LogP contribution is -2.03. The summed E-state index contributed by atoms with van der Waals surface area (Å²) in [7, 11) is 0. The summed E-state index contributed by atoms with van der Waals surface area (Å²) >= 11 is 12.2. The van der Waals surface area contributed by atoms with E-state index in [1.54, 1.807) is 36.4 Å². The van der Waals surface area contributed by atoms with E-state index in [9.17, 15) is 4.79 Å². The van der Waals surface area contributed by atoms with Gasteiger partial charge < -0.3 is 14.8 Å². The number of rotatable bonds is 5. The van der Waals surface area contributed by atoms with E-state index in [1.165, 1.54) is 0 Å². The van der Waals surface area contributed by atoms with Gasteiger partial charge in [0.05, 0.1) is 17.1 Å². The highest BCUT2D eigenvalue weighted by Gasteiger charge is 2.11. The molecular weight excluding hydrogens is 361 g/mol. The molecule has 0 aliphatic rings. The lowest BCUT2D eigenvalue weighted by atomic mass is 10.1. The Bertz CT molecular complexity index is 934. The molecule has 4 nitrogen and oxygen atoms in total. The number of hydrogen-bond donors (Lipinski definition) is 2. The molecule has 1 heterocycles. The van der Waals surface area contributed by atoms with E-state index in [1.807, 2.05) is 19.1 Å². The minimum atomic E-state index is -0.959. The van der Waals surface area contributed by atoms with Crippen LogP contribution in [-0.2, 0) is 6.54 Å². The Balaban J connectivity index is 1.77. The first kappa shape index (κ1) is 17.4. The van der Waals surface area contributed by atoms with Crippen LogP contribution in [0.4, 0.5) is 5.69 Å². The number of aromatic carboxylic acids is 1. The van der Waals surface area contributed by atoms with Crippen molar-refractivity contribution in [3.8, 4) is 11.3 Å². The highest BCUT2D eigenvalue weighted by atomic mass is 35.5. The number of hydrogen-bond acceptors (Lipinski definition) is 3. The molecule has 0 radical (unpaired) electrons. The third kappa shape index (κ3) is 3.98. The number of nitrogens with one attached hydrogen (secondary N) is 1. The van der Waals surface area contributed by atoms with Crippen molar-refractivity contribution >= 4 is 34.9 Å². The number of furan rings is 1. The number of anilines is 1. The van der Waals surface area contributed by atoms with Gasteiger partial charge in [0, 0.05) is 16.3 Å². The fourth-order valence-electron chi connectivity index (χ4n) is 2.43. The molecule has 0 spiro atoms. The molecular formula is C19H15Cl2NO3. The molecule has 0 saturated carbocycles. The zero-order valence-electron chi connectivity index (χ0n) is 13.3. The molecule has 0 fully saturated rings. The van der Waals surface area contributed by atoms with E-state index in [-0.39, 0.29) is 5.56 Å². The molecule has 3 rings (SSSR count). The first-order valence-electron chi connectivity index (χ1n) is 7.56. The molecule has 2 aromatic carbocycles. The second-order valence-corrected chi connectivity index (χ2v) is 6.42. The van der Waals surface area contributed by atoms with Crippen LogP contribution >= 0.6 is 23.2 Å². The van der Waals surface area contributed by atoms with Gasteiger partial charge in [-0.15, -0.1) is 0 Å². The molecule has 0 aliphatic heterocycles. The quantitative estimate of drug-likeness (QED) is 0.584. The summed E-state index contributed by atoms with van der Waals surface area (Å²) in [6.45, 7) is 2.33. The van der Waals surface area contributed by atoms with Gasteiger partial charge in [0.15, 0.2) is 0 Å². The van der Waals surface area contributed by atoms with Gasteiger partial charge >= 0.3 is 5.97 Å². The summed E-state index contributed by atoms with van der Waals surface area (Å²) in [5.41, 5.74) is 2.66. The zero-order valence-corrected chi connectivity index (χ0v) is 14.9. The molecule has 0 unspecified atom stereocenters. The number of benzene rings is 2. The smallest absolute Gasteiger partial charge is 0.335 e. The van der Waals surface area contributed by atoms with Gasteiger partial charge in [-0.25, -0.2) is 4.79 Å². The third-order valence-electron chi connectivity index (χ3n) is 3.79. The lowest BCUT2D eigenvalue weighted by molar-refractivity contribution is 0.0697. The van der Waals surface area contributed by atoms with Gasteiger partial charge in [-0.3, -0.25) is 0 Å². The fraction of sp³-hybridized carbons (Fsp3) is 0.105. The largest absolute Gasteiger partial charge is 0.478 e. The Morgan fingerprint density at radius 2 is 1.92 bits per heavy atom. The van der Waals surface area contributed by atoms with Crippen LogP contribution in [0.3, 0.4) is 0 Å². The molecule has 0 atom stereocenters. The first-order valence-corrected chi connectivity index (χ1v) is 8.31. The highest BCUT2D eigenvalue weighted by Crippen LogP contribution is 2.32. The van der Waals surface area contributed by atoms with Crippen LogP contribution in [-0.4, -0.2) is 11.1 Å². The minimum Gasteiger partial charge on any atom is -0.478 e. The van der Waals surface area contributed by atoms with E-state index < -0.39 is 5.97 Å². The van der Waals surface area contributed by atoms with Gasteiger partial charge in [-0.05, 0) is 55.0 Å². The molecule has 6 heteroatoms. The summed E-state index contributed by atoms with van der Waals surface area (Å²) in [6, 6.07) is 13.8. The molecule has 25 heavy (non-hydrogen) atoms. The van der Waals surface area contributed by atoms with Crippen LogP contribution in [0.15, 0.2) is 52.9 Å². The lowest BCUT2D eigenvalue weighted by Gasteiger charge is -2.09. The van der Waals surface area contributed by atoms with Crippen molar-refractivity contribution in [2.45, 2.75) is 13.5 Å². The molecule has 0 saturated heterocycles. The van der Waals surface area contributed by atoms with Crippen LogP contribution in [0.2, 0.25) is 10.0 Å². The maximum atomic E-state index is 11.1. The number of carbonyl (C=O) groups is 1. The van der Waals surface area contributed by atoms with Gasteiger partial charge in [-0.1, -0.05) is 29.3 Å². The van der Waals surface area contributed by atoms with E-state index in [4.69, 9.17) is 32.7 Å². The van der Waals surface area contributed by atoms with Crippen molar-refractivity contribution < 1.29 is 14.3 Å². The number of carboxylic acids is 1. The second kappa shape index (κ2) is 7.21. The van der Waals surface area contributed by atoms with Gasteiger partial charge in [0.25, 0.3) is 0 Å². The van der Waals surface area contributed by atoms with Gasteiger partial charge in [-0.2, -0.15) is 0 Å². The van der Waals surface area contributed by atoms with Crippen molar-refractivity contribution in [1.29, 1.82) is 0 Å². The van der Waals surface area contributed by atoms with Crippen LogP contribution < -0.4 is 5.32 Å². The Morgan fingerprint density at radius 3 is 2.68 bits per heavy atom.